The van der Waals surface area contributed by atoms with E-state index in [1.807, 2.05) is 12.1 Å². The number of benzene rings is 1. The van der Waals surface area contributed by atoms with Crippen LogP contribution in [0.15, 0.2) is 36.4 Å². The van der Waals surface area contributed by atoms with Crippen LogP contribution in [0.25, 0.3) is 0 Å². The van der Waals surface area contributed by atoms with Crippen molar-refractivity contribution in [3.8, 4) is 0 Å². The zero-order valence-electron chi connectivity index (χ0n) is 11.2. The minimum absolute atomic E-state index is 0.207. The van der Waals surface area contributed by atoms with Crippen LogP contribution in [0.2, 0.25) is 0 Å². The lowest BCUT2D eigenvalue weighted by atomic mass is 9.92. The third-order valence-corrected chi connectivity index (χ3v) is 4.18. The molecular weight excluding hydrogens is 241 g/mol. The van der Waals surface area contributed by atoms with E-state index in [1.165, 1.54) is 31.4 Å². The number of hydrogen-bond acceptors (Lipinski definition) is 2. The predicted molar refractivity (Wildman–Crippen MR) is 73.5 cm³/mol. The van der Waals surface area contributed by atoms with Crippen molar-refractivity contribution in [2.45, 2.75) is 24.9 Å². The first kappa shape index (κ1) is 12.8. The van der Waals surface area contributed by atoms with Crippen LogP contribution in [0.1, 0.15) is 24.8 Å². The second kappa shape index (κ2) is 5.06. The summed E-state index contributed by atoms with van der Waals surface area (Å²) in [5, 5.41) is 0. The highest BCUT2D eigenvalue weighted by molar-refractivity contribution is 5.37. The van der Waals surface area contributed by atoms with Crippen molar-refractivity contribution in [1.82, 2.24) is 4.90 Å². The van der Waals surface area contributed by atoms with Gasteiger partial charge in [-0.15, -0.1) is 0 Å². The summed E-state index contributed by atoms with van der Waals surface area (Å²) < 4.78 is 18.7. The summed E-state index contributed by atoms with van der Waals surface area (Å²) in [6, 6.07) is 6.60. The standard InChI is InChI=1S/C16H20FNO/c1-13(11-18-9-3-2-4-10-18)16(12-19-16)14-5-7-15(17)8-6-14/h5-8H,1-4,9-12H2. The Hall–Kier alpha value is -1.19. The molecule has 2 heterocycles. The van der Waals surface area contributed by atoms with Crippen molar-refractivity contribution >= 4 is 0 Å². The Labute approximate surface area is 113 Å². The number of ether oxygens (including phenoxy) is 1. The van der Waals surface area contributed by atoms with Gasteiger partial charge in [0.15, 0.2) is 0 Å². The molecule has 102 valence electrons. The first-order chi connectivity index (χ1) is 9.21. The molecule has 1 unspecified atom stereocenters. The Kier molecular flexibility index (Phi) is 3.42. The fourth-order valence-electron chi connectivity index (χ4n) is 2.88. The Morgan fingerprint density at radius 1 is 1.21 bits per heavy atom. The van der Waals surface area contributed by atoms with Crippen molar-refractivity contribution in [2.24, 2.45) is 0 Å². The number of likely N-dealkylation sites (tertiary alicyclic amines) is 1. The molecule has 0 bridgehead atoms. The number of epoxide rings is 1. The monoisotopic (exact) mass is 261 g/mol. The third kappa shape index (κ3) is 2.58. The Bertz CT molecular complexity index is 458. The molecule has 1 aromatic carbocycles. The van der Waals surface area contributed by atoms with Crippen LogP contribution < -0.4 is 0 Å². The molecule has 0 spiro atoms. The summed E-state index contributed by atoms with van der Waals surface area (Å²) in [5.41, 5.74) is 1.77. The second-order valence-corrected chi connectivity index (χ2v) is 5.56. The van der Waals surface area contributed by atoms with Crippen LogP contribution in [0, 0.1) is 5.82 Å². The number of piperidine rings is 1. The largest absolute Gasteiger partial charge is 0.360 e. The van der Waals surface area contributed by atoms with Gasteiger partial charge in [-0.1, -0.05) is 25.1 Å². The number of hydrogen-bond donors (Lipinski definition) is 0. The minimum Gasteiger partial charge on any atom is -0.360 e. The summed E-state index contributed by atoms with van der Waals surface area (Å²) >= 11 is 0. The smallest absolute Gasteiger partial charge is 0.139 e. The molecule has 0 aromatic heterocycles. The summed E-state index contributed by atoms with van der Waals surface area (Å²) in [5.74, 6) is -0.207. The highest BCUT2D eigenvalue weighted by atomic mass is 19.1. The fourth-order valence-corrected chi connectivity index (χ4v) is 2.88. The van der Waals surface area contributed by atoms with Gasteiger partial charge in [0.25, 0.3) is 0 Å². The maximum atomic E-state index is 13.0. The van der Waals surface area contributed by atoms with Gasteiger partial charge in [0.1, 0.15) is 11.4 Å². The number of nitrogens with zero attached hydrogens (tertiary/aromatic N) is 1. The average molecular weight is 261 g/mol. The third-order valence-electron chi connectivity index (χ3n) is 4.18. The van der Waals surface area contributed by atoms with Crippen LogP contribution in [-0.4, -0.2) is 31.1 Å². The Morgan fingerprint density at radius 2 is 1.84 bits per heavy atom. The number of halogens is 1. The second-order valence-electron chi connectivity index (χ2n) is 5.56. The minimum atomic E-state index is -0.356. The van der Waals surface area contributed by atoms with Gasteiger partial charge in [-0.05, 0) is 49.2 Å². The van der Waals surface area contributed by atoms with Crippen molar-refractivity contribution < 1.29 is 9.13 Å². The summed E-state index contributed by atoms with van der Waals surface area (Å²) in [4.78, 5) is 2.44. The van der Waals surface area contributed by atoms with E-state index in [0.29, 0.717) is 6.61 Å². The molecule has 2 nitrogen and oxygen atoms in total. The van der Waals surface area contributed by atoms with Crippen LogP contribution in [0.5, 0.6) is 0 Å². The van der Waals surface area contributed by atoms with Crippen molar-refractivity contribution in [2.75, 3.05) is 26.2 Å². The molecular formula is C16H20FNO. The van der Waals surface area contributed by atoms with E-state index in [1.54, 1.807) is 0 Å². The van der Waals surface area contributed by atoms with E-state index >= 15 is 0 Å². The van der Waals surface area contributed by atoms with Crippen LogP contribution in [-0.2, 0) is 10.3 Å². The van der Waals surface area contributed by atoms with E-state index in [2.05, 4.69) is 11.5 Å². The van der Waals surface area contributed by atoms with Gasteiger partial charge < -0.3 is 4.74 Å². The maximum Gasteiger partial charge on any atom is 0.139 e. The highest BCUT2D eigenvalue weighted by Gasteiger charge is 2.49. The topological polar surface area (TPSA) is 15.8 Å². The van der Waals surface area contributed by atoms with Crippen LogP contribution in [0.3, 0.4) is 0 Å². The summed E-state index contributed by atoms with van der Waals surface area (Å²) in [6.07, 6.45) is 3.89. The summed E-state index contributed by atoms with van der Waals surface area (Å²) in [6.45, 7) is 8.08. The lowest BCUT2D eigenvalue weighted by Crippen LogP contribution is -2.34. The molecule has 0 amide bonds. The molecule has 2 saturated heterocycles. The maximum absolute atomic E-state index is 13.0. The molecule has 19 heavy (non-hydrogen) atoms. The van der Waals surface area contributed by atoms with Crippen molar-refractivity contribution in [3.05, 3.63) is 47.8 Å². The Balaban J connectivity index is 1.70. The van der Waals surface area contributed by atoms with Gasteiger partial charge in [0.05, 0.1) is 6.61 Å². The van der Waals surface area contributed by atoms with Gasteiger partial charge in [0.2, 0.25) is 0 Å². The molecule has 3 rings (SSSR count). The van der Waals surface area contributed by atoms with Crippen LogP contribution >= 0.6 is 0 Å². The van der Waals surface area contributed by atoms with Crippen LogP contribution in [0.4, 0.5) is 4.39 Å². The molecule has 2 aliphatic rings. The molecule has 0 N–H and O–H groups in total. The van der Waals surface area contributed by atoms with Crippen molar-refractivity contribution in [3.63, 3.8) is 0 Å². The molecule has 0 aliphatic carbocycles. The first-order valence-corrected chi connectivity index (χ1v) is 7.01. The van der Waals surface area contributed by atoms with E-state index < -0.39 is 0 Å². The number of rotatable bonds is 4. The normalized spacial score (nSPS) is 27.2. The van der Waals surface area contributed by atoms with Gasteiger partial charge in [-0.2, -0.15) is 0 Å². The Morgan fingerprint density at radius 3 is 2.42 bits per heavy atom. The first-order valence-electron chi connectivity index (χ1n) is 7.01. The molecule has 0 radical (unpaired) electrons. The quantitative estimate of drug-likeness (QED) is 0.611. The van der Waals surface area contributed by atoms with Gasteiger partial charge in [-0.25, -0.2) is 4.39 Å². The molecule has 1 atom stereocenters. The lowest BCUT2D eigenvalue weighted by Gasteiger charge is -2.29. The molecule has 2 fully saturated rings. The van der Waals surface area contributed by atoms with E-state index in [9.17, 15) is 4.39 Å². The zero-order chi connectivity index (χ0) is 13.3. The zero-order valence-corrected chi connectivity index (χ0v) is 11.2. The van der Waals surface area contributed by atoms with Gasteiger partial charge >= 0.3 is 0 Å². The van der Waals surface area contributed by atoms with E-state index in [0.717, 1.165) is 30.8 Å². The summed E-state index contributed by atoms with van der Waals surface area (Å²) in [7, 11) is 0. The van der Waals surface area contributed by atoms with E-state index in [4.69, 9.17) is 4.74 Å². The highest BCUT2D eigenvalue weighted by Crippen LogP contribution is 2.45. The molecule has 2 aliphatic heterocycles. The molecule has 3 heteroatoms. The fraction of sp³-hybridized carbons (Fsp3) is 0.500. The lowest BCUT2D eigenvalue weighted by molar-refractivity contribution is 0.231. The average Bonchev–Trinajstić information content (AvgIpc) is 3.22. The van der Waals surface area contributed by atoms with Crippen molar-refractivity contribution in [1.29, 1.82) is 0 Å². The predicted octanol–water partition coefficient (Wildman–Crippen LogP) is 3.09. The van der Waals surface area contributed by atoms with Gasteiger partial charge in [0, 0.05) is 6.54 Å². The molecule has 0 saturated carbocycles. The molecule has 1 aromatic rings. The van der Waals surface area contributed by atoms with Gasteiger partial charge in [-0.3, -0.25) is 4.90 Å². The van der Waals surface area contributed by atoms with E-state index in [-0.39, 0.29) is 11.4 Å². The SMILES string of the molecule is C=C(CN1CCCCC1)C1(c2ccc(F)cc2)CO1.